The van der Waals surface area contributed by atoms with E-state index in [1.54, 1.807) is 7.11 Å². The van der Waals surface area contributed by atoms with Crippen molar-refractivity contribution in [1.82, 2.24) is 10.2 Å². The highest BCUT2D eigenvalue weighted by molar-refractivity contribution is 5.80. The third kappa shape index (κ3) is 4.32. The molecule has 5 heteroatoms. The molecular weight excluding hydrogens is 326 g/mol. The standard InChI is InChI=1S/C21H33N3O2/c1-17-8-12-24(13-9-17)20(22-2)23-16-21(10-14-26-15-11-21)18-4-6-19(25-3)7-5-18/h4-7,17H,8-16H2,1-3H3,(H,22,23). The van der Waals surface area contributed by atoms with Crippen molar-refractivity contribution in [3.8, 4) is 5.75 Å². The van der Waals surface area contributed by atoms with E-state index in [-0.39, 0.29) is 5.41 Å². The van der Waals surface area contributed by atoms with E-state index in [9.17, 15) is 0 Å². The molecule has 0 spiro atoms. The lowest BCUT2D eigenvalue weighted by molar-refractivity contribution is 0.0511. The number of piperidine rings is 1. The molecule has 2 saturated heterocycles. The average Bonchev–Trinajstić information content (AvgIpc) is 2.70. The summed E-state index contributed by atoms with van der Waals surface area (Å²) in [6, 6.07) is 8.54. The Bertz CT molecular complexity index is 586. The second kappa shape index (κ2) is 8.76. The number of ether oxygens (including phenoxy) is 2. The highest BCUT2D eigenvalue weighted by atomic mass is 16.5. The Balaban J connectivity index is 1.71. The van der Waals surface area contributed by atoms with Gasteiger partial charge in [-0.2, -0.15) is 0 Å². The molecule has 0 bridgehead atoms. The van der Waals surface area contributed by atoms with Crippen molar-refractivity contribution in [2.24, 2.45) is 10.9 Å². The van der Waals surface area contributed by atoms with Crippen LogP contribution >= 0.6 is 0 Å². The van der Waals surface area contributed by atoms with E-state index in [4.69, 9.17) is 9.47 Å². The number of nitrogens with zero attached hydrogens (tertiary/aromatic N) is 2. The number of aliphatic imine (C=N–C) groups is 1. The van der Waals surface area contributed by atoms with Gasteiger partial charge in [-0.3, -0.25) is 4.99 Å². The van der Waals surface area contributed by atoms with E-state index in [0.29, 0.717) is 0 Å². The normalized spacial score (nSPS) is 21.5. The first kappa shape index (κ1) is 19.0. The molecule has 0 aromatic heterocycles. The highest BCUT2D eigenvalue weighted by Crippen LogP contribution is 2.35. The summed E-state index contributed by atoms with van der Waals surface area (Å²) >= 11 is 0. The van der Waals surface area contributed by atoms with Gasteiger partial charge in [-0.25, -0.2) is 0 Å². The molecule has 144 valence electrons. The smallest absolute Gasteiger partial charge is 0.193 e. The van der Waals surface area contributed by atoms with Crippen molar-refractivity contribution >= 4 is 5.96 Å². The Morgan fingerprint density at radius 3 is 2.46 bits per heavy atom. The largest absolute Gasteiger partial charge is 0.497 e. The van der Waals surface area contributed by atoms with Gasteiger partial charge in [-0.15, -0.1) is 0 Å². The molecule has 0 amide bonds. The molecule has 1 aromatic rings. The van der Waals surface area contributed by atoms with Gasteiger partial charge in [0.05, 0.1) is 7.11 Å². The van der Waals surface area contributed by atoms with Crippen LogP contribution in [-0.2, 0) is 10.2 Å². The summed E-state index contributed by atoms with van der Waals surface area (Å²) in [5, 5.41) is 3.68. The van der Waals surface area contributed by atoms with E-state index in [1.807, 2.05) is 7.05 Å². The molecular formula is C21H33N3O2. The van der Waals surface area contributed by atoms with Crippen molar-refractivity contribution in [1.29, 1.82) is 0 Å². The van der Waals surface area contributed by atoms with Crippen LogP contribution in [0.2, 0.25) is 0 Å². The Hall–Kier alpha value is -1.75. The van der Waals surface area contributed by atoms with Gasteiger partial charge >= 0.3 is 0 Å². The van der Waals surface area contributed by atoms with Crippen molar-refractivity contribution in [2.75, 3.05) is 47.0 Å². The Morgan fingerprint density at radius 1 is 1.23 bits per heavy atom. The fraction of sp³-hybridized carbons (Fsp3) is 0.667. The molecule has 2 heterocycles. The zero-order valence-electron chi connectivity index (χ0n) is 16.5. The minimum atomic E-state index is 0.0868. The maximum absolute atomic E-state index is 5.66. The van der Waals surface area contributed by atoms with Crippen LogP contribution in [-0.4, -0.2) is 57.9 Å². The SMILES string of the molecule is CN=C(NCC1(c2ccc(OC)cc2)CCOCC1)N1CCC(C)CC1. The number of likely N-dealkylation sites (tertiary alicyclic amines) is 1. The van der Waals surface area contributed by atoms with Crippen molar-refractivity contribution in [3.05, 3.63) is 29.8 Å². The molecule has 0 radical (unpaired) electrons. The van der Waals surface area contributed by atoms with Gasteiger partial charge in [0.2, 0.25) is 0 Å². The number of rotatable bonds is 4. The van der Waals surface area contributed by atoms with Crippen LogP contribution in [0.15, 0.2) is 29.3 Å². The summed E-state index contributed by atoms with van der Waals surface area (Å²) in [4.78, 5) is 6.96. The van der Waals surface area contributed by atoms with Gasteiger partial charge in [0, 0.05) is 45.3 Å². The van der Waals surface area contributed by atoms with Gasteiger partial charge in [0.15, 0.2) is 5.96 Å². The molecule has 3 rings (SSSR count). The van der Waals surface area contributed by atoms with Gasteiger partial charge in [-0.1, -0.05) is 19.1 Å². The first-order chi connectivity index (χ1) is 12.7. The molecule has 1 N–H and O–H groups in total. The fourth-order valence-corrected chi connectivity index (χ4v) is 4.08. The summed E-state index contributed by atoms with van der Waals surface area (Å²) in [7, 11) is 3.61. The highest BCUT2D eigenvalue weighted by Gasteiger charge is 2.35. The lowest BCUT2D eigenvalue weighted by Crippen LogP contribution is -2.51. The van der Waals surface area contributed by atoms with E-state index >= 15 is 0 Å². The van der Waals surface area contributed by atoms with Crippen LogP contribution in [0.3, 0.4) is 0 Å². The lowest BCUT2D eigenvalue weighted by atomic mass is 9.74. The second-order valence-electron chi connectivity index (χ2n) is 7.69. The second-order valence-corrected chi connectivity index (χ2v) is 7.69. The Morgan fingerprint density at radius 2 is 1.88 bits per heavy atom. The number of hydrogen-bond acceptors (Lipinski definition) is 3. The number of guanidine groups is 1. The molecule has 0 saturated carbocycles. The van der Waals surface area contributed by atoms with Gasteiger partial charge < -0.3 is 19.7 Å². The summed E-state index contributed by atoms with van der Waals surface area (Å²) in [6.07, 6.45) is 4.55. The Labute approximate surface area is 157 Å². The molecule has 1 aromatic carbocycles. The average molecular weight is 360 g/mol. The quantitative estimate of drug-likeness (QED) is 0.663. The minimum Gasteiger partial charge on any atom is -0.497 e. The summed E-state index contributed by atoms with van der Waals surface area (Å²) in [6.45, 7) is 7.05. The first-order valence-corrected chi connectivity index (χ1v) is 9.85. The van der Waals surface area contributed by atoms with Gasteiger partial charge in [0.1, 0.15) is 5.75 Å². The van der Waals surface area contributed by atoms with Crippen LogP contribution < -0.4 is 10.1 Å². The lowest BCUT2D eigenvalue weighted by Gasteiger charge is -2.40. The molecule has 5 nitrogen and oxygen atoms in total. The van der Waals surface area contributed by atoms with E-state index in [2.05, 4.69) is 46.4 Å². The number of hydrogen-bond donors (Lipinski definition) is 1. The van der Waals surface area contributed by atoms with Crippen LogP contribution in [0.1, 0.15) is 38.2 Å². The zero-order chi connectivity index (χ0) is 18.4. The fourth-order valence-electron chi connectivity index (χ4n) is 4.08. The first-order valence-electron chi connectivity index (χ1n) is 9.85. The zero-order valence-corrected chi connectivity index (χ0v) is 16.5. The predicted molar refractivity (Wildman–Crippen MR) is 106 cm³/mol. The molecule has 0 aliphatic carbocycles. The number of benzene rings is 1. The maximum Gasteiger partial charge on any atom is 0.193 e. The molecule has 2 fully saturated rings. The van der Waals surface area contributed by atoms with Crippen LogP contribution in [0.4, 0.5) is 0 Å². The van der Waals surface area contributed by atoms with E-state index in [0.717, 1.165) is 63.3 Å². The van der Waals surface area contributed by atoms with Crippen LogP contribution in [0.5, 0.6) is 5.75 Å². The Kier molecular flexibility index (Phi) is 6.41. The maximum atomic E-state index is 5.66. The topological polar surface area (TPSA) is 46.1 Å². The summed E-state index contributed by atoms with van der Waals surface area (Å²) < 4.78 is 11.0. The van der Waals surface area contributed by atoms with E-state index < -0.39 is 0 Å². The monoisotopic (exact) mass is 359 g/mol. The molecule has 2 aliphatic rings. The predicted octanol–water partition coefficient (Wildman–Crippen LogP) is 3.05. The molecule has 26 heavy (non-hydrogen) atoms. The van der Waals surface area contributed by atoms with Crippen LogP contribution in [0.25, 0.3) is 0 Å². The van der Waals surface area contributed by atoms with Crippen molar-refractivity contribution < 1.29 is 9.47 Å². The van der Waals surface area contributed by atoms with Gasteiger partial charge in [-0.05, 0) is 49.3 Å². The van der Waals surface area contributed by atoms with Crippen molar-refractivity contribution in [2.45, 2.75) is 38.0 Å². The molecule has 0 unspecified atom stereocenters. The molecule has 0 atom stereocenters. The minimum absolute atomic E-state index is 0.0868. The van der Waals surface area contributed by atoms with Gasteiger partial charge in [0.25, 0.3) is 0 Å². The third-order valence-electron chi connectivity index (χ3n) is 6.03. The number of nitrogens with one attached hydrogen (secondary N) is 1. The molecule has 2 aliphatic heterocycles. The number of methoxy groups -OCH3 is 1. The third-order valence-corrected chi connectivity index (χ3v) is 6.03. The summed E-state index contributed by atoms with van der Waals surface area (Å²) in [5.41, 5.74) is 1.45. The van der Waals surface area contributed by atoms with E-state index in [1.165, 1.54) is 18.4 Å². The van der Waals surface area contributed by atoms with Crippen molar-refractivity contribution in [3.63, 3.8) is 0 Å². The summed E-state index contributed by atoms with van der Waals surface area (Å²) in [5.74, 6) is 2.77. The van der Waals surface area contributed by atoms with Crippen LogP contribution in [0, 0.1) is 5.92 Å².